The number of carboxylic acids is 3. The SMILES string of the molecule is CSCC[C@H](NC(=O)[C@H](CC(C)C)NC(=O)CNC(=O)[C@@H](NC(=O)[C@H](Cc1ccccc1)NC(=O)[C@H](CCC(N)=O)NC(=O)[C@H](CC(=O)O)NC(=O)[C@H](CO)NC(=O)[C@H](CCCCN)NC(=O)[C@@H]1CCCN1C(=O)[C@@H](NC(=O)[C@@H](N)CC(=O)O)C(C)C)C(C)C)C(=O)O. The third-order valence-corrected chi connectivity index (χ3v) is 15.3. The van der Waals surface area contributed by atoms with Crippen molar-refractivity contribution in [1.29, 1.82) is 0 Å². The Labute approximate surface area is 543 Å². The number of aliphatic carboxylic acids is 3. The van der Waals surface area contributed by atoms with Gasteiger partial charge in [-0.15, -0.1) is 0 Å². The summed E-state index contributed by atoms with van der Waals surface area (Å²) in [6, 6.07) is -8.35. The van der Waals surface area contributed by atoms with Gasteiger partial charge in [0.15, 0.2) is 0 Å². The van der Waals surface area contributed by atoms with Crippen molar-refractivity contribution in [3.05, 3.63) is 35.9 Å². The van der Waals surface area contributed by atoms with E-state index in [-0.39, 0.29) is 57.5 Å². The van der Waals surface area contributed by atoms with Crippen LogP contribution in [0.5, 0.6) is 0 Å². The van der Waals surface area contributed by atoms with E-state index in [0.29, 0.717) is 24.2 Å². The minimum absolute atomic E-state index is 0.0560. The van der Waals surface area contributed by atoms with Crippen LogP contribution in [0.3, 0.4) is 0 Å². The molecule has 1 aliphatic heterocycles. The molecule has 2 rings (SSSR count). The number of carboxylic acid groups (broad SMARTS) is 3. The number of rotatable bonds is 43. The van der Waals surface area contributed by atoms with E-state index in [9.17, 15) is 87.2 Å². The van der Waals surface area contributed by atoms with E-state index in [2.05, 4.69) is 53.2 Å². The van der Waals surface area contributed by atoms with Crippen LogP contribution < -0.4 is 70.4 Å². The molecule has 0 saturated carbocycles. The molecule has 11 atom stereocenters. The van der Waals surface area contributed by atoms with Gasteiger partial charge in [0.2, 0.25) is 70.9 Å². The molecule has 1 saturated heterocycles. The van der Waals surface area contributed by atoms with Gasteiger partial charge in [0.1, 0.15) is 60.4 Å². The molecule has 12 amide bonds. The number of nitrogens with one attached hydrogen (secondary N) is 10. The van der Waals surface area contributed by atoms with E-state index in [1.807, 2.05) is 0 Å². The lowest BCUT2D eigenvalue weighted by molar-refractivity contribution is -0.144. The molecule has 0 aromatic heterocycles. The molecule has 520 valence electrons. The molecule has 20 N–H and O–H groups in total. The number of benzene rings is 1. The number of aliphatic hydroxyl groups is 1. The number of aliphatic hydroxyl groups excluding tert-OH is 1. The fourth-order valence-corrected chi connectivity index (χ4v) is 10.1. The van der Waals surface area contributed by atoms with Crippen LogP contribution in [0, 0.1) is 17.8 Å². The second kappa shape index (κ2) is 41.2. The van der Waals surface area contributed by atoms with Gasteiger partial charge in [-0.05, 0) is 93.2 Å². The summed E-state index contributed by atoms with van der Waals surface area (Å²) >= 11 is 1.38. The van der Waals surface area contributed by atoms with Crippen LogP contribution in [-0.2, 0) is 78.3 Å². The van der Waals surface area contributed by atoms with Gasteiger partial charge >= 0.3 is 17.9 Å². The Balaban J connectivity index is 2.38. The summed E-state index contributed by atoms with van der Waals surface area (Å²) < 4.78 is 0. The first-order valence-electron chi connectivity index (χ1n) is 30.6. The fraction of sp³-hybridized carbons (Fsp3) is 0.644. The zero-order chi connectivity index (χ0) is 70.2. The van der Waals surface area contributed by atoms with Crippen molar-refractivity contribution in [2.24, 2.45) is 35.0 Å². The van der Waals surface area contributed by atoms with Gasteiger partial charge in [-0.1, -0.05) is 71.9 Å². The van der Waals surface area contributed by atoms with Crippen LogP contribution in [0.25, 0.3) is 0 Å². The van der Waals surface area contributed by atoms with Gasteiger partial charge in [-0.3, -0.25) is 67.1 Å². The molecule has 93 heavy (non-hydrogen) atoms. The third kappa shape index (κ3) is 28.9. The van der Waals surface area contributed by atoms with E-state index in [4.69, 9.17) is 22.3 Å². The summed E-state index contributed by atoms with van der Waals surface area (Å²) in [5.74, 6) is -16.9. The van der Waals surface area contributed by atoms with Gasteiger partial charge in [-0.25, -0.2) is 4.79 Å². The number of unbranched alkanes of at least 4 members (excludes halogenated alkanes) is 1. The van der Waals surface area contributed by atoms with Gasteiger partial charge in [0.25, 0.3) is 0 Å². The number of hydrogen-bond acceptors (Lipinski definition) is 19. The van der Waals surface area contributed by atoms with Gasteiger partial charge in [0.05, 0.1) is 32.0 Å². The summed E-state index contributed by atoms with van der Waals surface area (Å²) in [7, 11) is 0. The number of primary amides is 1. The zero-order valence-electron chi connectivity index (χ0n) is 53.5. The van der Waals surface area contributed by atoms with E-state index in [0.717, 1.165) is 0 Å². The lowest BCUT2D eigenvalue weighted by atomic mass is 10.00. The maximum atomic E-state index is 14.3. The zero-order valence-corrected chi connectivity index (χ0v) is 54.3. The van der Waals surface area contributed by atoms with Gasteiger partial charge in [0, 0.05) is 19.4 Å². The smallest absolute Gasteiger partial charge is 0.326 e. The Bertz CT molecular complexity index is 2760. The molecule has 1 aromatic carbocycles. The molecule has 0 bridgehead atoms. The lowest BCUT2D eigenvalue weighted by Crippen LogP contribution is -2.61. The minimum Gasteiger partial charge on any atom is -0.481 e. The average Bonchev–Trinajstić information content (AvgIpc) is 1.78. The Morgan fingerprint density at radius 1 is 0.591 bits per heavy atom. The fourth-order valence-electron chi connectivity index (χ4n) is 9.63. The molecule has 1 aromatic rings. The lowest BCUT2D eigenvalue weighted by Gasteiger charge is -2.32. The van der Waals surface area contributed by atoms with Crippen LogP contribution in [0.15, 0.2) is 30.3 Å². The Hall–Kier alpha value is -8.50. The number of nitrogens with two attached hydrogens (primary N) is 3. The number of thioether (sulfide) groups is 1. The molecule has 0 aliphatic carbocycles. The molecule has 1 aliphatic rings. The molecular formula is C59H94N14O19S. The van der Waals surface area contributed by atoms with Crippen molar-refractivity contribution in [2.75, 3.05) is 38.2 Å². The second-order valence-corrected chi connectivity index (χ2v) is 24.6. The van der Waals surface area contributed by atoms with Gasteiger partial charge in [-0.2, -0.15) is 11.8 Å². The molecular weight excluding hydrogens is 1240 g/mol. The van der Waals surface area contributed by atoms with Crippen molar-refractivity contribution in [1.82, 2.24) is 58.1 Å². The van der Waals surface area contributed by atoms with Crippen LogP contribution >= 0.6 is 11.8 Å². The summed E-state index contributed by atoms with van der Waals surface area (Å²) in [6.45, 7) is 8.27. The maximum Gasteiger partial charge on any atom is 0.326 e. The summed E-state index contributed by atoms with van der Waals surface area (Å²) in [5, 5.41) is 63.3. The molecule has 1 heterocycles. The number of nitrogens with zero attached hydrogens (tertiary/aromatic N) is 1. The first-order chi connectivity index (χ1) is 43.7. The van der Waals surface area contributed by atoms with E-state index in [1.165, 1.54) is 16.7 Å². The molecule has 34 heteroatoms. The van der Waals surface area contributed by atoms with Crippen LogP contribution in [0.2, 0.25) is 0 Å². The predicted molar refractivity (Wildman–Crippen MR) is 336 cm³/mol. The molecule has 0 radical (unpaired) electrons. The highest BCUT2D eigenvalue weighted by molar-refractivity contribution is 7.98. The number of likely N-dealkylation sites (tertiary alicyclic amines) is 1. The first-order valence-corrected chi connectivity index (χ1v) is 32.0. The molecule has 33 nitrogen and oxygen atoms in total. The number of amides is 12. The molecule has 1 fully saturated rings. The number of hydrogen-bond donors (Lipinski definition) is 17. The Kier molecular flexibility index (Phi) is 35.7. The Morgan fingerprint density at radius 3 is 1.67 bits per heavy atom. The van der Waals surface area contributed by atoms with Crippen molar-refractivity contribution in [2.45, 2.75) is 185 Å². The quantitative estimate of drug-likeness (QED) is 0.0274. The minimum atomic E-state index is -2.07. The average molecular weight is 1340 g/mol. The summed E-state index contributed by atoms with van der Waals surface area (Å²) in [4.78, 5) is 200. The van der Waals surface area contributed by atoms with Crippen molar-refractivity contribution < 1.29 is 92.3 Å². The van der Waals surface area contributed by atoms with Gasteiger partial charge < -0.3 is 95.7 Å². The molecule has 0 unspecified atom stereocenters. The van der Waals surface area contributed by atoms with E-state index >= 15 is 0 Å². The number of carbonyl (C=O) groups excluding carboxylic acids is 12. The summed E-state index contributed by atoms with van der Waals surface area (Å²) in [6.07, 6.45) is -0.332. The highest BCUT2D eigenvalue weighted by Gasteiger charge is 2.41. The van der Waals surface area contributed by atoms with Crippen molar-refractivity contribution >= 4 is 101 Å². The van der Waals surface area contributed by atoms with E-state index in [1.54, 1.807) is 78.1 Å². The van der Waals surface area contributed by atoms with E-state index < -0.39 is 206 Å². The van der Waals surface area contributed by atoms with Crippen LogP contribution in [-0.4, -0.2) is 219 Å². The van der Waals surface area contributed by atoms with Crippen molar-refractivity contribution in [3.63, 3.8) is 0 Å². The van der Waals surface area contributed by atoms with Crippen molar-refractivity contribution in [3.8, 4) is 0 Å². The first kappa shape index (κ1) is 80.6. The number of carbonyl (C=O) groups is 15. The maximum absolute atomic E-state index is 14.3. The van der Waals surface area contributed by atoms with Crippen LogP contribution in [0.4, 0.5) is 0 Å². The standard InChI is InChI=1S/C59H94N14O19S/c1-30(2)24-38(52(84)67-37(59(91)92)20-23-93-7)64-44(76)28-63-57(89)47(31(3)4)71-54(86)39(25-33-14-9-8-10-15-33)68-51(83)36(18-19-43(62)75)65-53(85)40(27-46(79)80)69-55(87)41(29-74)70-50(82)35(16-11-12-21-60)66-56(88)42-17-13-22-73(42)58(90)48(32(5)6)72-49(81)34(61)26-45(77)78/h8-10,14-15,30-32,34-42,47-48,74H,11-13,16-29,60-61H2,1-7H3,(H2,62,75)(H,63,89)(H,64,76)(H,65,85)(H,66,88)(H,67,84)(H,68,83)(H,69,87)(H,70,82)(H,71,86)(H,72,81)(H,77,78)(H,79,80)(H,91,92)/t34-,35-,36-,37-,38-,39-,40-,41-,42-,47-,48-/m0/s1. The normalized spacial score (nSPS) is 16.1. The van der Waals surface area contributed by atoms with Crippen LogP contribution in [0.1, 0.15) is 118 Å². The second-order valence-electron chi connectivity index (χ2n) is 23.6. The monoisotopic (exact) mass is 1330 g/mol. The predicted octanol–water partition coefficient (Wildman–Crippen LogP) is -4.44. The highest BCUT2D eigenvalue weighted by Crippen LogP contribution is 2.22. The summed E-state index contributed by atoms with van der Waals surface area (Å²) in [5.41, 5.74) is 17.3. The molecule has 0 spiro atoms. The Morgan fingerprint density at radius 2 is 1.12 bits per heavy atom. The highest BCUT2D eigenvalue weighted by atomic mass is 32.2. The largest absolute Gasteiger partial charge is 0.481 e. The topological polar surface area (TPSA) is 539 Å². The third-order valence-electron chi connectivity index (χ3n) is 14.7.